The number of amides is 2. The Morgan fingerprint density at radius 1 is 1.03 bits per heavy atom. The molecule has 2 aromatic rings. The van der Waals surface area contributed by atoms with E-state index in [1.54, 1.807) is 31.2 Å². The van der Waals surface area contributed by atoms with E-state index in [0.29, 0.717) is 10.7 Å². The molecule has 0 spiro atoms. The molecule has 3 rings (SSSR count). The van der Waals surface area contributed by atoms with E-state index in [1.807, 2.05) is 31.2 Å². The zero-order chi connectivity index (χ0) is 25.6. The van der Waals surface area contributed by atoms with Crippen molar-refractivity contribution in [3.63, 3.8) is 0 Å². The molecule has 1 atom stereocenters. The van der Waals surface area contributed by atoms with Crippen LogP contribution in [-0.4, -0.2) is 50.0 Å². The first-order valence-electron chi connectivity index (χ1n) is 11.9. The minimum atomic E-state index is -3.76. The monoisotopic (exact) mass is 519 g/mol. The average molecular weight is 520 g/mol. The molecule has 1 N–H and O–H groups in total. The normalized spacial score (nSPS) is 15.3. The van der Waals surface area contributed by atoms with Gasteiger partial charge in [-0.2, -0.15) is 0 Å². The van der Waals surface area contributed by atoms with Gasteiger partial charge in [0.25, 0.3) is 0 Å². The maximum absolute atomic E-state index is 13.6. The number of rotatable bonds is 9. The molecule has 0 heterocycles. The molecule has 0 bridgehead atoms. The van der Waals surface area contributed by atoms with Crippen molar-refractivity contribution in [3.8, 4) is 0 Å². The van der Waals surface area contributed by atoms with Crippen molar-refractivity contribution in [3.05, 3.63) is 64.7 Å². The first kappa shape index (κ1) is 27.0. The SMILES string of the molecule is Cc1ccc(CN(C(=O)CN(c2ccc(Cl)cc2)S(C)(=O)=O)[C@@H](C)C(=O)NC2CCCCC2)cc1. The van der Waals surface area contributed by atoms with Gasteiger partial charge in [-0.05, 0) is 56.5 Å². The molecule has 1 fully saturated rings. The summed E-state index contributed by atoms with van der Waals surface area (Å²) in [7, 11) is -3.76. The number of carbonyl (C=O) groups excluding carboxylic acids is 2. The van der Waals surface area contributed by atoms with Crippen molar-refractivity contribution < 1.29 is 18.0 Å². The van der Waals surface area contributed by atoms with Crippen LogP contribution in [0.15, 0.2) is 48.5 Å². The van der Waals surface area contributed by atoms with Crippen LogP contribution in [-0.2, 0) is 26.2 Å². The second-order valence-corrected chi connectivity index (χ2v) is 11.6. The number of sulfonamides is 1. The highest BCUT2D eigenvalue weighted by Crippen LogP contribution is 2.22. The van der Waals surface area contributed by atoms with Crippen LogP contribution in [0.4, 0.5) is 5.69 Å². The number of hydrogen-bond donors (Lipinski definition) is 1. The summed E-state index contributed by atoms with van der Waals surface area (Å²) < 4.78 is 26.2. The van der Waals surface area contributed by atoms with E-state index in [1.165, 1.54) is 11.3 Å². The topological polar surface area (TPSA) is 86.8 Å². The van der Waals surface area contributed by atoms with Crippen molar-refractivity contribution in [2.75, 3.05) is 17.1 Å². The van der Waals surface area contributed by atoms with Crippen LogP contribution in [0.5, 0.6) is 0 Å². The molecule has 0 saturated heterocycles. The smallest absolute Gasteiger partial charge is 0.244 e. The van der Waals surface area contributed by atoms with Crippen LogP contribution in [0.25, 0.3) is 0 Å². The van der Waals surface area contributed by atoms with E-state index >= 15 is 0 Å². The highest BCUT2D eigenvalue weighted by Gasteiger charge is 2.31. The fourth-order valence-corrected chi connectivity index (χ4v) is 5.24. The summed E-state index contributed by atoms with van der Waals surface area (Å²) in [6, 6.07) is 13.3. The van der Waals surface area contributed by atoms with Gasteiger partial charge in [0.1, 0.15) is 12.6 Å². The fourth-order valence-electron chi connectivity index (χ4n) is 4.26. The van der Waals surface area contributed by atoms with Gasteiger partial charge in [0.15, 0.2) is 0 Å². The Kier molecular flexibility index (Phi) is 9.19. The van der Waals surface area contributed by atoms with Gasteiger partial charge in [0.2, 0.25) is 21.8 Å². The summed E-state index contributed by atoms with van der Waals surface area (Å²) in [5.74, 6) is -0.688. The first-order chi connectivity index (χ1) is 16.5. The molecule has 9 heteroatoms. The van der Waals surface area contributed by atoms with E-state index < -0.39 is 28.5 Å². The molecular weight excluding hydrogens is 486 g/mol. The molecule has 190 valence electrons. The van der Waals surface area contributed by atoms with Crippen LogP contribution < -0.4 is 9.62 Å². The molecule has 1 aliphatic carbocycles. The second-order valence-electron chi connectivity index (χ2n) is 9.27. The van der Waals surface area contributed by atoms with Crippen LogP contribution in [0.2, 0.25) is 5.02 Å². The van der Waals surface area contributed by atoms with Gasteiger partial charge < -0.3 is 10.2 Å². The van der Waals surface area contributed by atoms with E-state index in [0.717, 1.165) is 47.4 Å². The largest absolute Gasteiger partial charge is 0.352 e. The van der Waals surface area contributed by atoms with Gasteiger partial charge in [0, 0.05) is 17.6 Å². The lowest BCUT2D eigenvalue weighted by Gasteiger charge is -2.33. The van der Waals surface area contributed by atoms with Gasteiger partial charge in [0.05, 0.1) is 11.9 Å². The molecule has 7 nitrogen and oxygen atoms in total. The third kappa shape index (κ3) is 7.70. The third-order valence-corrected chi connectivity index (χ3v) is 7.78. The van der Waals surface area contributed by atoms with Crippen molar-refractivity contribution in [2.45, 2.75) is 64.6 Å². The van der Waals surface area contributed by atoms with Crippen LogP contribution >= 0.6 is 11.6 Å². The molecule has 1 saturated carbocycles. The van der Waals surface area contributed by atoms with Gasteiger partial charge in [-0.25, -0.2) is 8.42 Å². The van der Waals surface area contributed by atoms with Crippen molar-refractivity contribution in [2.24, 2.45) is 0 Å². The predicted octanol–water partition coefficient (Wildman–Crippen LogP) is 4.28. The standard InChI is InChI=1S/C26H34ClN3O4S/c1-19-9-11-21(12-10-19)17-29(20(2)26(32)28-23-7-5-4-6-8-23)25(31)18-30(35(3,33)34)24-15-13-22(27)14-16-24/h9-16,20,23H,4-8,17-18H2,1-3H3,(H,28,32)/t20-/m0/s1. The molecule has 0 aliphatic heterocycles. The highest BCUT2D eigenvalue weighted by molar-refractivity contribution is 7.92. The number of halogens is 1. The number of benzene rings is 2. The average Bonchev–Trinajstić information content (AvgIpc) is 2.82. The Hall–Kier alpha value is -2.58. The van der Waals surface area contributed by atoms with Crippen molar-refractivity contribution in [1.82, 2.24) is 10.2 Å². The Morgan fingerprint density at radius 2 is 1.63 bits per heavy atom. The number of hydrogen-bond acceptors (Lipinski definition) is 4. The van der Waals surface area contributed by atoms with Crippen LogP contribution in [0, 0.1) is 6.92 Å². The zero-order valence-electron chi connectivity index (χ0n) is 20.5. The summed E-state index contributed by atoms with van der Waals surface area (Å²) in [6.45, 7) is 3.43. The van der Waals surface area contributed by atoms with Gasteiger partial charge >= 0.3 is 0 Å². The number of anilines is 1. The fraction of sp³-hybridized carbons (Fsp3) is 0.462. The molecule has 0 unspecified atom stereocenters. The van der Waals surface area contributed by atoms with Gasteiger partial charge in [-0.1, -0.05) is 60.7 Å². The molecule has 2 amide bonds. The molecule has 0 radical (unpaired) electrons. The van der Waals surface area contributed by atoms with Crippen molar-refractivity contribution in [1.29, 1.82) is 0 Å². The van der Waals surface area contributed by atoms with Crippen LogP contribution in [0.1, 0.15) is 50.2 Å². The molecular formula is C26H34ClN3O4S. The van der Waals surface area contributed by atoms with E-state index in [2.05, 4.69) is 5.32 Å². The van der Waals surface area contributed by atoms with Crippen LogP contribution in [0.3, 0.4) is 0 Å². The Morgan fingerprint density at radius 3 is 2.20 bits per heavy atom. The maximum atomic E-state index is 13.6. The van der Waals surface area contributed by atoms with E-state index in [9.17, 15) is 18.0 Å². The quantitative estimate of drug-likeness (QED) is 0.535. The second kappa shape index (κ2) is 11.9. The number of aryl methyl sites for hydroxylation is 1. The number of nitrogens with zero attached hydrogens (tertiary/aromatic N) is 2. The first-order valence-corrected chi connectivity index (χ1v) is 14.2. The third-order valence-electron chi connectivity index (χ3n) is 6.39. The molecule has 2 aromatic carbocycles. The molecule has 35 heavy (non-hydrogen) atoms. The van der Waals surface area contributed by atoms with E-state index in [-0.39, 0.29) is 18.5 Å². The number of nitrogens with one attached hydrogen (secondary N) is 1. The van der Waals surface area contributed by atoms with E-state index in [4.69, 9.17) is 11.6 Å². The Balaban J connectivity index is 1.85. The van der Waals surface area contributed by atoms with Gasteiger partial charge in [-0.3, -0.25) is 13.9 Å². The highest BCUT2D eigenvalue weighted by atomic mass is 35.5. The number of carbonyl (C=O) groups is 2. The molecule has 1 aliphatic rings. The lowest BCUT2D eigenvalue weighted by molar-refractivity contribution is -0.139. The predicted molar refractivity (Wildman–Crippen MR) is 140 cm³/mol. The van der Waals surface area contributed by atoms with Crippen molar-refractivity contribution >= 4 is 39.1 Å². The minimum absolute atomic E-state index is 0.108. The Bertz CT molecular complexity index is 1110. The lowest BCUT2D eigenvalue weighted by Crippen LogP contribution is -2.52. The summed E-state index contributed by atoms with van der Waals surface area (Å²) >= 11 is 5.96. The summed E-state index contributed by atoms with van der Waals surface area (Å²) in [5.41, 5.74) is 2.28. The summed E-state index contributed by atoms with van der Waals surface area (Å²) in [4.78, 5) is 28.2. The Labute approximate surface area is 213 Å². The lowest BCUT2D eigenvalue weighted by atomic mass is 9.95. The zero-order valence-corrected chi connectivity index (χ0v) is 22.1. The molecule has 0 aromatic heterocycles. The minimum Gasteiger partial charge on any atom is -0.352 e. The maximum Gasteiger partial charge on any atom is 0.244 e. The van der Waals surface area contributed by atoms with Gasteiger partial charge in [-0.15, -0.1) is 0 Å². The summed E-state index contributed by atoms with van der Waals surface area (Å²) in [5, 5.41) is 3.55. The summed E-state index contributed by atoms with van der Waals surface area (Å²) in [6.07, 6.45) is 6.25.